The number of amides is 1. The first-order chi connectivity index (χ1) is 12.8. The minimum Gasteiger partial charge on any atom is -0.324 e. The van der Waals surface area contributed by atoms with Gasteiger partial charge in [-0.1, -0.05) is 67.8 Å². The molecule has 1 aliphatic rings. The molecule has 1 amide bonds. The monoisotopic (exact) mass is 344 g/mol. The highest BCUT2D eigenvalue weighted by Gasteiger charge is 2.39. The van der Waals surface area contributed by atoms with Crippen LogP contribution in [0.25, 0.3) is 10.9 Å². The number of pyridine rings is 1. The van der Waals surface area contributed by atoms with Crippen LogP contribution in [-0.2, 0) is 11.2 Å². The summed E-state index contributed by atoms with van der Waals surface area (Å²) in [5.74, 6) is 0.138. The predicted octanol–water partition coefficient (Wildman–Crippen LogP) is 5.37. The molecule has 0 unspecified atom stereocenters. The molecular weight excluding hydrogens is 320 g/mol. The normalized spacial score (nSPS) is 16.3. The van der Waals surface area contributed by atoms with Gasteiger partial charge in [-0.05, 0) is 37.0 Å². The zero-order valence-electron chi connectivity index (χ0n) is 14.9. The Morgan fingerprint density at radius 3 is 2.50 bits per heavy atom. The third-order valence-corrected chi connectivity index (χ3v) is 5.56. The van der Waals surface area contributed by atoms with E-state index in [4.69, 9.17) is 0 Å². The van der Waals surface area contributed by atoms with Gasteiger partial charge in [0, 0.05) is 11.6 Å². The molecule has 3 aromatic rings. The van der Waals surface area contributed by atoms with Gasteiger partial charge >= 0.3 is 0 Å². The maximum absolute atomic E-state index is 13.4. The van der Waals surface area contributed by atoms with E-state index in [1.54, 1.807) is 6.20 Å². The quantitative estimate of drug-likeness (QED) is 0.691. The second kappa shape index (κ2) is 7.28. The van der Waals surface area contributed by atoms with Crippen molar-refractivity contribution in [3.8, 4) is 0 Å². The van der Waals surface area contributed by atoms with Gasteiger partial charge in [0.05, 0.1) is 16.6 Å². The highest BCUT2D eigenvalue weighted by molar-refractivity contribution is 6.02. The molecule has 0 spiro atoms. The third kappa shape index (κ3) is 3.34. The molecule has 0 aliphatic heterocycles. The average Bonchev–Trinajstić information content (AvgIpc) is 2.70. The summed E-state index contributed by atoms with van der Waals surface area (Å²) in [6.07, 6.45) is 7.94. The molecule has 1 aromatic heterocycles. The number of carbonyl (C=O) groups is 1. The SMILES string of the molecule is O=C(Nc1cccc2cccnc12)C1(Cc2ccccc2)CCCCC1. The Kier molecular flexibility index (Phi) is 4.70. The molecule has 0 atom stereocenters. The second-order valence-corrected chi connectivity index (χ2v) is 7.34. The fourth-order valence-electron chi connectivity index (χ4n) is 4.16. The van der Waals surface area contributed by atoms with Crippen molar-refractivity contribution in [2.75, 3.05) is 5.32 Å². The maximum atomic E-state index is 13.4. The Hall–Kier alpha value is -2.68. The molecule has 132 valence electrons. The van der Waals surface area contributed by atoms with Gasteiger partial charge in [-0.3, -0.25) is 9.78 Å². The van der Waals surface area contributed by atoms with Crippen LogP contribution in [0.3, 0.4) is 0 Å². The summed E-state index contributed by atoms with van der Waals surface area (Å²) in [5, 5.41) is 4.26. The van der Waals surface area contributed by atoms with Crippen molar-refractivity contribution in [1.29, 1.82) is 0 Å². The molecule has 1 heterocycles. The molecule has 1 aliphatic carbocycles. The number of benzene rings is 2. The van der Waals surface area contributed by atoms with Crippen molar-refractivity contribution in [2.45, 2.75) is 38.5 Å². The van der Waals surface area contributed by atoms with Crippen molar-refractivity contribution in [2.24, 2.45) is 5.41 Å². The van der Waals surface area contributed by atoms with E-state index in [2.05, 4.69) is 34.6 Å². The van der Waals surface area contributed by atoms with Gasteiger partial charge < -0.3 is 5.32 Å². The van der Waals surface area contributed by atoms with Crippen LogP contribution in [0, 0.1) is 5.41 Å². The molecule has 0 radical (unpaired) electrons. The van der Waals surface area contributed by atoms with Crippen LogP contribution < -0.4 is 5.32 Å². The zero-order valence-corrected chi connectivity index (χ0v) is 14.9. The molecule has 0 saturated heterocycles. The summed E-state index contributed by atoms with van der Waals surface area (Å²) in [7, 11) is 0. The van der Waals surface area contributed by atoms with E-state index in [0.29, 0.717) is 0 Å². The first-order valence-electron chi connectivity index (χ1n) is 9.46. The number of anilines is 1. The van der Waals surface area contributed by atoms with Crippen LogP contribution in [0.15, 0.2) is 66.9 Å². The van der Waals surface area contributed by atoms with E-state index in [0.717, 1.165) is 48.7 Å². The van der Waals surface area contributed by atoms with E-state index >= 15 is 0 Å². The summed E-state index contributed by atoms with van der Waals surface area (Å²) in [5.41, 5.74) is 2.58. The fourth-order valence-corrected chi connectivity index (χ4v) is 4.16. The molecule has 1 N–H and O–H groups in total. The molecule has 1 fully saturated rings. The first kappa shape index (κ1) is 16.8. The Morgan fingerprint density at radius 1 is 0.923 bits per heavy atom. The maximum Gasteiger partial charge on any atom is 0.230 e. The van der Waals surface area contributed by atoms with Gasteiger partial charge in [0.2, 0.25) is 5.91 Å². The van der Waals surface area contributed by atoms with Crippen LogP contribution >= 0.6 is 0 Å². The fraction of sp³-hybridized carbons (Fsp3) is 0.304. The highest BCUT2D eigenvalue weighted by atomic mass is 16.2. The number of aromatic nitrogens is 1. The minimum absolute atomic E-state index is 0.138. The van der Waals surface area contributed by atoms with E-state index in [9.17, 15) is 4.79 Å². The Morgan fingerprint density at radius 2 is 1.69 bits per heavy atom. The molecule has 2 aromatic carbocycles. The van der Waals surface area contributed by atoms with Crippen molar-refractivity contribution in [3.63, 3.8) is 0 Å². The van der Waals surface area contributed by atoms with E-state index < -0.39 is 0 Å². The predicted molar refractivity (Wildman–Crippen MR) is 106 cm³/mol. The average molecular weight is 344 g/mol. The molecule has 3 nitrogen and oxygen atoms in total. The number of nitrogens with one attached hydrogen (secondary N) is 1. The van der Waals surface area contributed by atoms with E-state index in [1.165, 1.54) is 12.0 Å². The topological polar surface area (TPSA) is 42.0 Å². The first-order valence-corrected chi connectivity index (χ1v) is 9.46. The van der Waals surface area contributed by atoms with Gasteiger partial charge in [0.25, 0.3) is 0 Å². The zero-order chi connectivity index (χ0) is 17.8. The number of carbonyl (C=O) groups excluding carboxylic acids is 1. The number of para-hydroxylation sites is 1. The largest absolute Gasteiger partial charge is 0.324 e. The lowest BCUT2D eigenvalue weighted by atomic mass is 9.69. The summed E-state index contributed by atoms with van der Waals surface area (Å²) in [6, 6.07) is 20.3. The van der Waals surface area contributed by atoms with Gasteiger partial charge in [-0.25, -0.2) is 0 Å². The molecule has 0 bridgehead atoms. The number of nitrogens with zero attached hydrogens (tertiary/aromatic N) is 1. The van der Waals surface area contributed by atoms with Crippen LogP contribution in [0.5, 0.6) is 0 Å². The summed E-state index contributed by atoms with van der Waals surface area (Å²) in [6.45, 7) is 0. The number of rotatable bonds is 4. The lowest BCUT2D eigenvalue weighted by Gasteiger charge is -2.36. The number of hydrogen-bond acceptors (Lipinski definition) is 2. The number of fused-ring (bicyclic) bond motifs is 1. The molecule has 4 rings (SSSR count). The van der Waals surface area contributed by atoms with E-state index in [1.807, 2.05) is 36.4 Å². The number of hydrogen-bond donors (Lipinski definition) is 1. The van der Waals surface area contributed by atoms with E-state index in [-0.39, 0.29) is 11.3 Å². The van der Waals surface area contributed by atoms with Crippen molar-refractivity contribution < 1.29 is 4.79 Å². The van der Waals surface area contributed by atoms with Gasteiger partial charge in [-0.2, -0.15) is 0 Å². The Bertz CT molecular complexity index is 893. The summed E-state index contributed by atoms with van der Waals surface area (Å²) in [4.78, 5) is 17.9. The Balaban J connectivity index is 1.64. The Labute approximate surface area is 154 Å². The van der Waals surface area contributed by atoms with Crippen molar-refractivity contribution in [3.05, 3.63) is 72.4 Å². The van der Waals surface area contributed by atoms with Gasteiger partial charge in [-0.15, -0.1) is 0 Å². The van der Waals surface area contributed by atoms with Crippen LogP contribution in [0.4, 0.5) is 5.69 Å². The molecular formula is C23H24N2O. The second-order valence-electron chi connectivity index (χ2n) is 7.34. The minimum atomic E-state index is -0.323. The van der Waals surface area contributed by atoms with Crippen molar-refractivity contribution >= 4 is 22.5 Å². The lowest BCUT2D eigenvalue weighted by molar-refractivity contribution is -0.127. The highest BCUT2D eigenvalue weighted by Crippen LogP contribution is 2.40. The smallest absolute Gasteiger partial charge is 0.230 e. The molecule has 1 saturated carbocycles. The van der Waals surface area contributed by atoms with Crippen LogP contribution in [-0.4, -0.2) is 10.9 Å². The van der Waals surface area contributed by atoms with Gasteiger partial charge in [0.15, 0.2) is 0 Å². The molecule has 26 heavy (non-hydrogen) atoms. The van der Waals surface area contributed by atoms with Crippen molar-refractivity contribution in [1.82, 2.24) is 4.98 Å². The summed E-state index contributed by atoms with van der Waals surface area (Å²) < 4.78 is 0. The standard InChI is InChI=1S/C23H24N2O/c26-22(25-20-13-7-11-19-12-8-16-24-21(19)20)23(14-5-2-6-15-23)17-18-9-3-1-4-10-18/h1,3-4,7-13,16H,2,5-6,14-15,17H2,(H,25,26). The summed E-state index contributed by atoms with van der Waals surface area (Å²) >= 11 is 0. The lowest BCUT2D eigenvalue weighted by Crippen LogP contribution is -2.40. The van der Waals surface area contributed by atoms with Gasteiger partial charge in [0.1, 0.15) is 0 Å². The van der Waals surface area contributed by atoms with Crippen LogP contribution in [0.1, 0.15) is 37.7 Å². The van der Waals surface area contributed by atoms with Crippen LogP contribution in [0.2, 0.25) is 0 Å². The molecule has 3 heteroatoms. The third-order valence-electron chi connectivity index (χ3n) is 5.56.